The van der Waals surface area contributed by atoms with Crippen molar-refractivity contribution in [1.82, 2.24) is 5.32 Å². The summed E-state index contributed by atoms with van der Waals surface area (Å²) in [4.78, 5) is 12.3. The first kappa shape index (κ1) is 21.5. The number of rotatable bonds is 6. The van der Waals surface area contributed by atoms with Crippen molar-refractivity contribution >= 4 is 5.91 Å². The van der Waals surface area contributed by atoms with Crippen molar-refractivity contribution < 1.29 is 9.90 Å². The summed E-state index contributed by atoms with van der Waals surface area (Å²) in [7, 11) is 0. The van der Waals surface area contributed by atoms with Gasteiger partial charge < -0.3 is 10.4 Å². The quantitative estimate of drug-likeness (QED) is 0.705. The maximum Gasteiger partial charge on any atom is 0.224 e. The molecule has 0 unspecified atom stereocenters. The van der Waals surface area contributed by atoms with Gasteiger partial charge in [-0.15, -0.1) is 0 Å². The first-order valence-corrected chi connectivity index (χ1v) is 9.46. The minimum Gasteiger partial charge on any atom is -0.507 e. The monoisotopic (exact) mass is 347 g/mol. The first-order chi connectivity index (χ1) is 11.3. The Balaban J connectivity index is 2.98. The second-order valence-electron chi connectivity index (χ2n) is 9.60. The van der Waals surface area contributed by atoms with E-state index in [1.165, 1.54) is 0 Å². The maximum atomic E-state index is 12.3. The van der Waals surface area contributed by atoms with Crippen LogP contribution in [0.1, 0.15) is 84.9 Å². The predicted molar refractivity (Wildman–Crippen MR) is 106 cm³/mol. The van der Waals surface area contributed by atoms with E-state index < -0.39 is 0 Å². The molecule has 0 atom stereocenters. The lowest BCUT2D eigenvalue weighted by atomic mass is 9.78. The van der Waals surface area contributed by atoms with Gasteiger partial charge in [-0.25, -0.2) is 0 Å². The van der Waals surface area contributed by atoms with Gasteiger partial charge in [0.25, 0.3) is 0 Å². The van der Waals surface area contributed by atoms with Gasteiger partial charge in [-0.3, -0.25) is 4.79 Å². The number of hydrogen-bond donors (Lipinski definition) is 2. The predicted octanol–water partition coefficient (Wildman–Crippen LogP) is 5.08. The zero-order chi connectivity index (χ0) is 19.4. The van der Waals surface area contributed by atoms with E-state index in [1.807, 2.05) is 12.1 Å². The van der Waals surface area contributed by atoms with E-state index in [0.717, 1.165) is 36.1 Å². The molecule has 1 aromatic rings. The van der Waals surface area contributed by atoms with Crippen LogP contribution >= 0.6 is 0 Å². The number of hydrogen-bond acceptors (Lipinski definition) is 2. The topological polar surface area (TPSA) is 49.3 Å². The molecular formula is C22H37NO2. The molecule has 142 valence electrons. The highest BCUT2D eigenvalue weighted by Crippen LogP contribution is 2.39. The summed E-state index contributed by atoms with van der Waals surface area (Å²) >= 11 is 0. The molecule has 0 aromatic heterocycles. The van der Waals surface area contributed by atoms with Gasteiger partial charge in [-0.2, -0.15) is 0 Å². The van der Waals surface area contributed by atoms with Crippen molar-refractivity contribution in [1.29, 1.82) is 0 Å². The average molecular weight is 348 g/mol. The van der Waals surface area contributed by atoms with Crippen LogP contribution < -0.4 is 5.32 Å². The van der Waals surface area contributed by atoms with E-state index in [0.29, 0.717) is 18.1 Å². The van der Waals surface area contributed by atoms with Crippen molar-refractivity contribution in [3.63, 3.8) is 0 Å². The Kier molecular flexibility index (Phi) is 7.10. The van der Waals surface area contributed by atoms with E-state index in [-0.39, 0.29) is 16.7 Å². The molecule has 25 heavy (non-hydrogen) atoms. The van der Waals surface area contributed by atoms with Crippen LogP contribution in [-0.4, -0.2) is 17.6 Å². The van der Waals surface area contributed by atoms with Gasteiger partial charge in [0.1, 0.15) is 5.75 Å². The lowest BCUT2D eigenvalue weighted by Gasteiger charge is -2.28. The smallest absolute Gasteiger partial charge is 0.224 e. The first-order valence-electron chi connectivity index (χ1n) is 9.46. The number of phenols is 1. The zero-order valence-electron chi connectivity index (χ0n) is 17.4. The molecule has 0 aliphatic carbocycles. The summed E-state index contributed by atoms with van der Waals surface area (Å²) in [6.07, 6.45) is 2.50. The maximum absolute atomic E-state index is 12.3. The molecular weight excluding hydrogens is 310 g/mol. The highest BCUT2D eigenvalue weighted by atomic mass is 16.3. The number of benzene rings is 1. The second kappa shape index (κ2) is 8.25. The second-order valence-corrected chi connectivity index (χ2v) is 9.60. The van der Waals surface area contributed by atoms with E-state index in [2.05, 4.69) is 60.7 Å². The number of carbonyl (C=O) groups is 1. The van der Waals surface area contributed by atoms with Crippen molar-refractivity contribution in [3.05, 3.63) is 28.8 Å². The Morgan fingerprint density at radius 1 is 1.04 bits per heavy atom. The lowest BCUT2D eigenvalue weighted by molar-refractivity contribution is -0.120. The van der Waals surface area contributed by atoms with E-state index in [9.17, 15) is 9.90 Å². The molecule has 0 radical (unpaired) electrons. The van der Waals surface area contributed by atoms with Gasteiger partial charge in [0.15, 0.2) is 0 Å². The molecule has 0 aliphatic rings. The zero-order valence-corrected chi connectivity index (χ0v) is 17.4. The van der Waals surface area contributed by atoms with Gasteiger partial charge in [0.2, 0.25) is 5.91 Å². The largest absolute Gasteiger partial charge is 0.507 e. The van der Waals surface area contributed by atoms with Crippen LogP contribution in [0.25, 0.3) is 0 Å². The Hall–Kier alpha value is -1.51. The van der Waals surface area contributed by atoms with Crippen LogP contribution in [0, 0.1) is 5.92 Å². The fraction of sp³-hybridized carbons (Fsp3) is 0.682. The van der Waals surface area contributed by atoms with Crippen molar-refractivity contribution in [2.45, 2.75) is 85.5 Å². The van der Waals surface area contributed by atoms with Gasteiger partial charge in [-0.05, 0) is 46.3 Å². The molecule has 1 rings (SSSR count). The molecule has 3 heteroatoms. The molecule has 1 aromatic carbocycles. The summed E-state index contributed by atoms with van der Waals surface area (Å²) in [6.45, 7) is 17.6. The fourth-order valence-electron chi connectivity index (χ4n) is 2.93. The highest BCUT2D eigenvalue weighted by Gasteiger charge is 2.26. The molecule has 0 saturated carbocycles. The number of aromatic hydroxyl groups is 1. The van der Waals surface area contributed by atoms with Crippen molar-refractivity contribution in [2.24, 2.45) is 5.92 Å². The van der Waals surface area contributed by atoms with Crippen molar-refractivity contribution in [3.8, 4) is 5.75 Å². The molecule has 0 heterocycles. The highest BCUT2D eigenvalue weighted by molar-refractivity contribution is 5.78. The van der Waals surface area contributed by atoms with Crippen LogP contribution in [-0.2, 0) is 22.0 Å². The minimum atomic E-state index is -0.173. The summed E-state index contributed by atoms with van der Waals surface area (Å²) in [6, 6.07) is 3.97. The van der Waals surface area contributed by atoms with Crippen LogP contribution in [0.5, 0.6) is 5.75 Å². The number of amides is 1. The summed E-state index contributed by atoms with van der Waals surface area (Å²) < 4.78 is 0. The lowest BCUT2D eigenvalue weighted by Crippen LogP contribution is -2.27. The van der Waals surface area contributed by atoms with E-state index >= 15 is 0 Å². The van der Waals surface area contributed by atoms with Gasteiger partial charge in [0.05, 0.1) is 6.42 Å². The molecule has 2 N–H and O–H groups in total. The Bertz CT molecular complexity index is 554. The molecule has 1 amide bonds. The van der Waals surface area contributed by atoms with E-state index in [4.69, 9.17) is 0 Å². The minimum absolute atomic E-state index is 0.0502. The molecule has 0 fully saturated rings. The molecule has 0 bridgehead atoms. The molecule has 0 spiro atoms. The van der Waals surface area contributed by atoms with Crippen LogP contribution in [0.4, 0.5) is 0 Å². The average Bonchev–Trinajstić information content (AvgIpc) is 2.42. The summed E-state index contributed by atoms with van der Waals surface area (Å²) in [5.74, 6) is 1.08. The Labute approximate surface area is 154 Å². The van der Waals surface area contributed by atoms with Crippen LogP contribution in [0.2, 0.25) is 0 Å². The third-order valence-electron chi connectivity index (χ3n) is 4.43. The number of phenolic OH excluding ortho intramolecular Hbond substituents is 1. The number of nitrogens with one attached hydrogen (secondary N) is 1. The summed E-state index contributed by atoms with van der Waals surface area (Å²) in [5, 5.41) is 13.8. The Morgan fingerprint density at radius 2 is 1.52 bits per heavy atom. The molecule has 3 nitrogen and oxygen atoms in total. The normalized spacial score (nSPS) is 12.5. The third-order valence-corrected chi connectivity index (χ3v) is 4.43. The Morgan fingerprint density at radius 3 is 1.92 bits per heavy atom. The van der Waals surface area contributed by atoms with Crippen LogP contribution in [0.15, 0.2) is 12.1 Å². The number of carbonyl (C=O) groups excluding carboxylic acids is 1. The molecule has 0 aliphatic heterocycles. The third kappa shape index (κ3) is 6.72. The standard InChI is InChI=1S/C22H37NO2/c1-15(2)10-9-11-23-19(24)14-16-12-17(21(3,4)5)20(25)18(13-16)22(6,7)8/h12-13,15,25H,9-11,14H2,1-8H3,(H,23,24). The van der Waals surface area contributed by atoms with Gasteiger partial charge >= 0.3 is 0 Å². The SMILES string of the molecule is CC(C)CCCNC(=O)Cc1cc(C(C)(C)C)c(O)c(C(C)(C)C)c1. The fourth-order valence-corrected chi connectivity index (χ4v) is 2.93. The molecule has 0 saturated heterocycles. The van der Waals surface area contributed by atoms with Crippen LogP contribution in [0.3, 0.4) is 0 Å². The summed E-state index contributed by atoms with van der Waals surface area (Å²) in [5.41, 5.74) is 2.43. The van der Waals surface area contributed by atoms with Crippen molar-refractivity contribution in [2.75, 3.05) is 6.54 Å². The van der Waals surface area contributed by atoms with Gasteiger partial charge in [0, 0.05) is 6.54 Å². The van der Waals surface area contributed by atoms with Gasteiger partial charge in [-0.1, -0.05) is 67.5 Å². The van der Waals surface area contributed by atoms with E-state index in [1.54, 1.807) is 0 Å².